The molecule has 0 fully saturated rings. The molecule has 0 N–H and O–H groups in total. The number of sulfonamides is 1. The van der Waals surface area contributed by atoms with Crippen LogP contribution in [0.25, 0.3) is 0 Å². The number of ether oxygens (including phenoxy) is 2. The van der Waals surface area contributed by atoms with Crippen molar-refractivity contribution in [3.8, 4) is 11.5 Å². The lowest BCUT2D eigenvalue weighted by molar-refractivity contribution is -0.396. The van der Waals surface area contributed by atoms with Crippen molar-refractivity contribution in [1.29, 1.82) is 0 Å². The molecule has 1 atom stereocenters. The molecule has 1 aliphatic heterocycles. The molecule has 0 aliphatic carbocycles. The molecule has 0 saturated carbocycles. The maximum absolute atomic E-state index is 13.4. The zero-order valence-corrected chi connectivity index (χ0v) is 17.5. The summed E-state index contributed by atoms with van der Waals surface area (Å²) in [5, 5.41) is 22.5. The third kappa shape index (κ3) is 3.82. The van der Waals surface area contributed by atoms with Crippen LogP contribution in [0.15, 0.2) is 47.9 Å². The van der Waals surface area contributed by atoms with Gasteiger partial charge in [-0.15, -0.1) is 6.58 Å². The van der Waals surface area contributed by atoms with Gasteiger partial charge in [-0.25, -0.2) is 8.42 Å². The van der Waals surface area contributed by atoms with E-state index in [-0.39, 0.29) is 6.54 Å². The van der Waals surface area contributed by atoms with Crippen molar-refractivity contribution < 1.29 is 27.7 Å². The molecule has 1 aliphatic rings. The minimum absolute atomic E-state index is 0.0235. The number of methoxy groups -OCH3 is 2. The van der Waals surface area contributed by atoms with Gasteiger partial charge in [0.1, 0.15) is 0 Å². The van der Waals surface area contributed by atoms with Gasteiger partial charge in [0.2, 0.25) is 0 Å². The summed E-state index contributed by atoms with van der Waals surface area (Å²) in [6.45, 7) is 3.76. The van der Waals surface area contributed by atoms with Crippen LogP contribution in [0.1, 0.15) is 17.2 Å². The number of fused-ring (bicyclic) bond motifs is 1. The summed E-state index contributed by atoms with van der Waals surface area (Å²) in [5.74, 6) is 0.889. The van der Waals surface area contributed by atoms with Gasteiger partial charge in [-0.05, 0) is 35.7 Å². The quantitative estimate of drug-likeness (QED) is 0.357. The summed E-state index contributed by atoms with van der Waals surface area (Å²) in [6, 6.07) is 5.02. The predicted octanol–water partition coefficient (Wildman–Crippen LogP) is 2.99. The Kier molecular flexibility index (Phi) is 5.95. The summed E-state index contributed by atoms with van der Waals surface area (Å²) in [5.41, 5.74) is -0.0129. The topological polar surface area (TPSA) is 142 Å². The van der Waals surface area contributed by atoms with Gasteiger partial charge in [-0.1, -0.05) is 6.08 Å². The lowest BCUT2D eigenvalue weighted by atomic mass is 9.93. The summed E-state index contributed by atoms with van der Waals surface area (Å²) in [6.07, 6.45) is 1.73. The minimum atomic E-state index is -4.39. The maximum atomic E-state index is 13.4. The molecule has 1 heterocycles. The van der Waals surface area contributed by atoms with Crippen LogP contribution < -0.4 is 9.47 Å². The first kappa shape index (κ1) is 22.2. The number of hydrogen-bond donors (Lipinski definition) is 0. The molecule has 1 unspecified atom stereocenters. The molecular formula is C19H19N3O8S. The average Bonchev–Trinajstić information content (AvgIpc) is 2.76. The molecule has 3 rings (SSSR count). The number of nitrogens with zero attached hydrogens (tertiary/aromatic N) is 3. The van der Waals surface area contributed by atoms with Gasteiger partial charge in [0.05, 0.1) is 36.2 Å². The van der Waals surface area contributed by atoms with Crippen LogP contribution in [-0.4, -0.2) is 43.3 Å². The third-order valence-corrected chi connectivity index (χ3v) is 6.96. The fourth-order valence-electron chi connectivity index (χ4n) is 3.57. The predicted molar refractivity (Wildman–Crippen MR) is 110 cm³/mol. The fourth-order valence-corrected chi connectivity index (χ4v) is 5.29. The van der Waals surface area contributed by atoms with Crippen molar-refractivity contribution in [3.63, 3.8) is 0 Å². The summed E-state index contributed by atoms with van der Waals surface area (Å²) < 4.78 is 38.5. The Bertz CT molecular complexity index is 1180. The zero-order chi connectivity index (χ0) is 22.9. The molecule has 0 aromatic heterocycles. The van der Waals surface area contributed by atoms with Crippen molar-refractivity contribution in [3.05, 3.63) is 74.3 Å². The third-order valence-electron chi connectivity index (χ3n) is 5.04. The number of hydrogen-bond acceptors (Lipinski definition) is 8. The first-order chi connectivity index (χ1) is 14.6. The number of nitro benzene ring substituents is 2. The van der Waals surface area contributed by atoms with Gasteiger partial charge in [-0.3, -0.25) is 20.2 Å². The highest BCUT2D eigenvalue weighted by molar-refractivity contribution is 7.89. The molecule has 0 bridgehead atoms. The highest BCUT2D eigenvalue weighted by Crippen LogP contribution is 2.42. The Balaban J connectivity index is 2.14. The second-order valence-electron chi connectivity index (χ2n) is 6.62. The van der Waals surface area contributed by atoms with Gasteiger partial charge in [-0.2, -0.15) is 4.31 Å². The Labute approximate surface area is 177 Å². The van der Waals surface area contributed by atoms with E-state index in [0.29, 0.717) is 29.5 Å². The van der Waals surface area contributed by atoms with Crippen molar-refractivity contribution in [2.45, 2.75) is 17.4 Å². The van der Waals surface area contributed by atoms with Crippen molar-refractivity contribution >= 4 is 21.4 Å². The highest BCUT2D eigenvalue weighted by Gasteiger charge is 2.39. The smallest absolute Gasteiger partial charge is 0.296 e. The number of benzene rings is 2. The summed E-state index contributed by atoms with van der Waals surface area (Å²) in [4.78, 5) is 20.1. The lowest BCUT2D eigenvalue weighted by Crippen LogP contribution is -2.39. The molecule has 2 aromatic rings. The van der Waals surface area contributed by atoms with Crippen LogP contribution in [0.4, 0.5) is 11.4 Å². The van der Waals surface area contributed by atoms with E-state index in [1.54, 1.807) is 12.1 Å². The van der Waals surface area contributed by atoms with Crippen LogP contribution in [0.5, 0.6) is 11.5 Å². The minimum Gasteiger partial charge on any atom is -0.493 e. The van der Waals surface area contributed by atoms with Gasteiger partial charge >= 0.3 is 0 Å². The van der Waals surface area contributed by atoms with Gasteiger partial charge < -0.3 is 9.47 Å². The number of non-ortho nitro benzene ring substituents is 1. The van der Waals surface area contributed by atoms with E-state index in [2.05, 4.69) is 6.58 Å². The monoisotopic (exact) mass is 449 g/mol. The largest absolute Gasteiger partial charge is 0.493 e. The molecule has 0 radical (unpaired) electrons. The fraction of sp³-hybridized carbons (Fsp3) is 0.263. The molecule has 12 heteroatoms. The summed E-state index contributed by atoms with van der Waals surface area (Å²) >= 11 is 0. The summed E-state index contributed by atoms with van der Waals surface area (Å²) in [7, 11) is -1.46. The SMILES string of the molecule is C=CC1c2cc(OC)c(OC)cc2CCN1S(=O)(=O)c1ccc([N+](=O)[O-])cc1[N+](=O)[O-]. The maximum Gasteiger partial charge on any atom is 0.296 e. The van der Waals surface area contributed by atoms with Gasteiger partial charge in [0.25, 0.3) is 21.4 Å². The van der Waals surface area contributed by atoms with Crippen LogP contribution in [0, 0.1) is 20.2 Å². The standard InChI is InChI=1S/C19H19N3O8S/c1-4-15-14-11-18(30-3)17(29-2)9-12(14)7-8-20(15)31(27,28)19-6-5-13(21(23)24)10-16(19)22(25)26/h4-6,9-11,15H,1,7-8H2,2-3H3. The number of rotatable bonds is 7. The lowest BCUT2D eigenvalue weighted by Gasteiger charge is -2.35. The van der Waals surface area contributed by atoms with Crippen molar-refractivity contribution in [2.75, 3.05) is 20.8 Å². The average molecular weight is 449 g/mol. The van der Waals surface area contributed by atoms with E-state index < -0.39 is 42.2 Å². The van der Waals surface area contributed by atoms with E-state index in [9.17, 15) is 28.6 Å². The Hall–Kier alpha value is -3.51. The molecule has 0 amide bonds. The number of nitro groups is 2. The molecule has 31 heavy (non-hydrogen) atoms. The van der Waals surface area contributed by atoms with E-state index in [4.69, 9.17) is 9.47 Å². The van der Waals surface area contributed by atoms with Crippen LogP contribution in [-0.2, 0) is 16.4 Å². The second kappa shape index (κ2) is 8.32. The highest BCUT2D eigenvalue weighted by atomic mass is 32.2. The van der Waals surface area contributed by atoms with Crippen LogP contribution in [0.3, 0.4) is 0 Å². The van der Waals surface area contributed by atoms with Crippen molar-refractivity contribution in [2.24, 2.45) is 0 Å². The Morgan fingerprint density at radius 2 is 1.74 bits per heavy atom. The molecule has 0 spiro atoms. The molecule has 11 nitrogen and oxygen atoms in total. The van der Waals surface area contributed by atoms with Crippen LogP contribution in [0.2, 0.25) is 0 Å². The van der Waals surface area contributed by atoms with Crippen LogP contribution >= 0.6 is 0 Å². The molecule has 0 saturated heterocycles. The molecule has 164 valence electrons. The van der Waals surface area contributed by atoms with E-state index in [1.165, 1.54) is 20.3 Å². The second-order valence-corrected chi connectivity index (χ2v) is 8.48. The van der Waals surface area contributed by atoms with Gasteiger partial charge in [0, 0.05) is 12.6 Å². The Morgan fingerprint density at radius 3 is 2.29 bits per heavy atom. The van der Waals surface area contributed by atoms with Gasteiger partial charge in [0.15, 0.2) is 16.4 Å². The first-order valence-electron chi connectivity index (χ1n) is 8.97. The molecular weight excluding hydrogens is 430 g/mol. The Morgan fingerprint density at radius 1 is 1.10 bits per heavy atom. The van der Waals surface area contributed by atoms with E-state index in [1.807, 2.05) is 0 Å². The van der Waals surface area contributed by atoms with Crippen molar-refractivity contribution in [1.82, 2.24) is 4.31 Å². The normalized spacial score (nSPS) is 16.3. The first-order valence-corrected chi connectivity index (χ1v) is 10.4. The zero-order valence-electron chi connectivity index (χ0n) is 16.7. The molecule has 2 aromatic carbocycles. The van der Waals surface area contributed by atoms with E-state index in [0.717, 1.165) is 22.0 Å². The van der Waals surface area contributed by atoms with E-state index >= 15 is 0 Å².